The number of halogens is 1. The number of carbonyl (C=O) groups is 2. The number of rotatable bonds is 5. The van der Waals surface area contributed by atoms with Crippen molar-refractivity contribution in [3.63, 3.8) is 0 Å². The molecule has 2 fully saturated rings. The average Bonchev–Trinajstić information content (AvgIpc) is 3.44. The van der Waals surface area contributed by atoms with Crippen LogP contribution in [0.3, 0.4) is 0 Å². The molecule has 0 radical (unpaired) electrons. The second-order valence-electron chi connectivity index (χ2n) is 7.16. The molecule has 0 aliphatic carbocycles. The lowest BCUT2D eigenvalue weighted by atomic mass is 10.1. The summed E-state index contributed by atoms with van der Waals surface area (Å²) in [4.78, 5) is 36.4. The molecule has 2 aromatic rings. The van der Waals surface area contributed by atoms with E-state index in [1.165, 1.54) is 22.2 Å². The standard InChI is InChI=1S/C18H22FN7O2/c19-15-8-25(9-16(15)23-17(27)10-26-12-21-11-22-26)18(28)13-3-6-24(7-13)14-1-4-20-5-2-14/h1-2,4-5,11-13,15-16H,3,6-10H2,(H,23,27)/t13?,15-,16+/m1/s1. The zero-order valence-electron chi connectivity index (χ0n) is 15.3. The number of alkyl halides is 1. The van der Waals surface area contributed by atoms with Crippen LogP contribution in [0.15, 0.2) is 37.2 Å². The van der Waals surface area contributed by atoms with Crippen molar-refractivity contribution in [2.45, 2.75) is 25.2 Å². The van der Waals surface area contributed by atoms with Gasteiger partial charge in [0, 0.05) is 37.7 Å². The molecule has 4 heterocycles. The summed E-state index contributed by atoms with van der Waals surface area (Å²) in [5.41, 5.74) is 1.04. The molecule has 9 nitrogen and oxygen atoms in total. The molecule has 2 aliphatic rings. The normalized spacial score (nSPS) is 24.5. The van der Waals surface area contributed by atoms with Crippen molar-refractivity contribution < 1.29 is 14.0 Å². The predicted octanol–water partition coefficient (Wildman–Crippen LogP) is -0.135. The number of nitrogens with zero attached hydrogens (tertiary/aromatic N) is 6. The highest BCUT2D eigenvalue weighted by molar-refractivity contribution is 5.81. The molecule has 1 N–H and O–H groups in total. The van der Waals surface area contributed by atoms with E-state index in [0.29, 0.717) is 6.54 Å². The molecule has 0 aromatic carbocycles. The molecule has 3 atom stereocenters. The fraction of sp³-hybridized carbons (Fsp3) is 0.500. The maximum Gasteiger partial charge on any atom is 0.242 e. The monoisotopic (exact) mass is 387 g/mol. The molecule has 0 bridgehead atoms. The lowest BCUT2D eigenvalue weighted by Crippen LogP contribution is -2.43. The Kier molecular flexibility index (Phi) is 5.18. The molecule has 2 aliphatic heterocycles. The zero-order valence-corrected chi connectivity index (χ0v) is 15.3. The highest BCUT2D eigenvalue weighted by Crippen LogP contribution is 2.26. The molecule has 28 heavy (non-hydrogen) atoms. The highest BCUT2D eigenvalue weighted by atomic mass is 19.1. The van der Waals surface area contributed by atoms with Gasteiger partial charge in [-0.3, -0.25) is 14.6 Å². The maximum atomic E-state index is 14.4. The van der Waals surface area contributed by atoms with Crippen molar-refractivity contribution in [3.05, 3.63) is 37.2 Å². The minimum atomic E-state index is -1.28. The number of aromatic nitrogens is 4. The van der Waals surface area contributed by atoms with Gasteiger partial charge in [0.1, 0.15) is 25.4 Å². The van der Waals surface area contributed by atoms with Gasteiger partial charge in [0.2, 0.25) is 11.8 Å². The molecule has 4 rings (SSSR count). The van der Waals surface area contributed by atoms with Crippen LogP contribution in [0.25, 0.3) is 0 Å². The highest BCUT2D eigenvalue weighted by Gasteiger charge is 2.40. The number of amides is 2. The van der Waals surface area contributed by atoms with Crippen LogP contribution >= 0.6 is 0 Å². The molecule has 0 saturated carbocycles. The first-order valence-electron chi connectivity index (χ1n) is 9.30. The van der Waals surface area contributed by atoms with Crippen molar-refractivity contribution in [2.24, 2.45) is 5.92 Å². The van der Waals surface area contributed by atoms with Gasteiger partial charge >= 0.3 is 0 Å². The summed E-state index contributed by atoms with van der Waals surface area (Å²) in [6, 6.07) is 3.14. The predicted molar refractivity (Wildman–Crippen MR) is 98.0 cm³/mol. The third kappa shape index (κ3) is 3.95. The summed E-state index contributed by atoms with van der Waals surface area (Å²) in [5.74, 6) is -0.561. The van der Waals surface area contributed by atoms with E-state index in [1.54, 1.807) is 12.4 Å². The number of hydrogen-bond donors (Lipinski definition) is 1. The summed E-state index contributed by atoms with van der Waals surface area (Å²) in [6.07, 6.45) is 5.67. The van der Waals surface area contributed by atoms with Crippen LogP contribution < -0.4 is 10.2 Å². The quantitative estimate of drug-likeness (QED) is 0.768. The van der Waals surface area contributed by atoms with Gasteiger partial charge in [-0.15, -0.1) is 0 Å². The Balaban J connectivity index is 1.30. The third-order valence-electron chi connectivity index (χ3n) is 5.24. The summed E-state index contributed by atoms with van der Waals surface area (Å²) in [5, 5.41) is 6.52. The van der Waals surface area contributed by atoms with Crippen LogP contribution in [0.4, 0.5) is 10.1 Å². The van der Waals surface area contributed by atoms with E-state index >= 15 is 0 Å². The molecule has 2 aromatic heterocycles. The Hall–Kier alpha value is -3.04. The Bertz CT molecular complexity index is 817. The van der Waals surface area contributed by atoms with E-state index in [4.69, 9.17) is 0 Å². The first kappa shape index (κ1) is 18.3. The smallest absolute Gasteiger partial charge is 0.242 e. The van der Waals surface area contributed by atoms with Crippen molar-refractivity contribution in [2.75, 3.05) is 31.1 Å². The summed E-state index contributed by atoms with van der Waals surface area (Å²) < 4.78 is 15.8. The third-order valence-corrected chi connectivity index (χ3v) is 5.24. The van der Waals surface area contributed by atoms with E-state index < -0.39 is 12.2 Å². The van der Waals surface area contributed by atoms with E-state index in [0.717, 1.165) is 18.7 Å². The summed E-state index contributed by atoms with van der Waals surface area (Å²) in [6.45, 7) is 1.57. The number of pyridine rings is 1. The average molecular weight is 387 g/mol. The Morgan fingerprint density at radius 2 is 2.00 bits per heavy atom. The molecule has 1 unspecified atom stereocenters. The molecule has 2 amide bonds. The van der Waals surface area contributed by atoms with Gasteiger partial charge < -0.3 is 15.1 Å². The molecule has 0 spiro atoms. The number of anilines is 1. The fourth-order valence-corrected chi connectivity index (χ4v) is 3.80. The number of likely N-dealkylation sites (tertiary alicyclic amines) is 1. The minimum absolute atomic E-state index is 0.0128. The summed E-state index contributed by atoms with van der Waals surface area (Å²) in [7, 11) is 0. The Morgan fingerprint density at radius 3 is 2.75 bits per heavy atom. The van der Waals surface area contributed by atoms with Gasteiger partial charge in [0.15, 0.2) is 0 Å². The second kappa shape index (κ2) is 7.91. The van der Waals surface area contributed by atoms with Gasteiger partial charge in [-0.05, 0) is 18.6 Å². The Labute approximate surface area is 161 Å². The molecular formula is C18H22FN7O2. The van der Waals surface area contributed by atoms with Gasteiger partial charge in [-0.2, -0.15) is 5.10 Å². The molecule has 148 valence electrons. The van der Waals surface area contributed by atoms with E-state index in [2.05, 4.69) is 25.3 Å². The lowest BCUT2D eigenvalue weighted by molar-refractivity contribution is -0.134. The first-order chi connectivity index (χ1) is 13.6. The number of carbonyl (C=O) groups excluding carboxylic acids is 2. The Morgan fingerprint density at radius 1 is 1.18 bits per heavy atom. The fourth-order valence-electron chi connectivity index (χ4n) is 3.80. The van der Waals surface area contributed by atoms with Crippen molar-refractivity contribution in [1.82, 2.24) is 30.0 Å². The van der Waals surface area contributed by atoms with Crippen molar-refractivity contribution in [3.8, 4) is 0 Å². The zero-order chi connectivity index (χ0) is 19.5. The van der Waals surface area contributed by atoms with Crippen LogP contribution in [-0.2, 0) is 16.1 Å². The van der Waals surface area contributed by atoms with Crippen LogP contribution in [0.5, 0.6) is 0 Å². The van der Waals surface area contributed by atoms with Gasteiger partial charge in [-0.1, -0.05) is 0 Å². The van der Waals surface area contributed by atoms with Crippen LogP contribution in [0, 0.1) is 5.92 Å². The SMILES string of the molecule is O=C(Cn1cncn1)N[C@H]1CN(C(=O)C2CCN(c3ccncc3)C2)C[C@H]1F. The van der Waals surface area contributed by atoms with Crippen LogP contribution in [0.1, 0.15) is 6.42 Å². The van der Waals surface area contributed by atoms with Crippen molar-refractivity contribution in [1.29, 1.82) is 0 Å². The second-order valence-corrected chi connectivity index (χ2v) is 7.16. The lowest BCUT2D eigenvalue weighted by Gasteiger charge is -2.22. The molecule has 10 heteroatoms. The van der Waals surface area contributed by atoms with E-state index in [-0.39, 0.29) is 37.4 Å². The van der Waals surface area contributed by atoms with Gasteiger partial charge in [0.05, 0.1) is 18.5 Å². The van der Waals surface area contributed by atoms with E-state index in [1.807, 2.05) is 12.1 Å². The van der Waals surface area contributed by atoms with Crippen molar-refractivity contribution >= 4 is 17.5 Å². The van der Waals surface area contributed by atoms with Crippen LogP contribution in [0.2, 0.25) is 0 Å². The minimum Gasteiger partial charge on any atom is -0.371 e. The van der Waals surface area contributed by atoms with Gasteiger partial charge in [-0.25, -0.2) is 14.1 Å². The molecule has 2 saturated heterocycles. The number of nitrogens with one attached hydrogen (secondary N) is 1. The van der Waals surface area contributed by atoms with Crippen LogP contribution in [-0.4, -0.2) is 74.9 Å². The topological polar surface area (TPSA) is 96.2 Å². The largest absolute Gasteiger partial charge is 0.371 e. The number of hydrogen-bond acceptors (Lipinski definition) is 6. The van der Waals surface area contributed by atoms with E-state index in [9.17, 15) is 14.0 Å². The van der Waals surface area contributed by atoms with Gasteiger partial charge in [0.25, 0.3) is 0 Å². The maximum absolute atomic E-state index is 14.4. The molecular weight excluding hydrogens is 365 g/mol. The summed E-state index contributed by atoms with van der Waals surface area (Å²) >= 11 is 0. The first-order valence-corrected chi connectivity index (χ1v) is 9.30.